The standard InChI is InChI=1S/C18H19N3O2S/c22-17-21(12-18(23-17)11-20-7-3-14(18)4-8-20)15-9-16(24-10-15)13-1-5-19-6-2-13/h1-2,5-6,9-10,14H,3-4,7-8,11-12H2/t18-/m0/s1. The van der Waals surface area contributed by atoms with E-state index in [-0.39, 0.29) is 11.7 Å². The molecule has 1 spiro atoms. The number of rotatable bonds is 2. The van der Waals surface area contributed by atoms with Gasteiger partial charge in [-0.15, -0.1) is 11.3 Å². The summed E-state index contributed by atoms with van der Waals surface area (Å²) in [5, 5.41) is 2.05. The number of carbonyl (C=O) groups excluding carboxylic acids is 1. The van der Waals surface area contributed by atoms with Gasteiger partial charge in [-0.1, -0.05) is 0 Å². The van der Waals surface area contributed by atoms with Crippen LogP contribution in [0.2, 0.25) is 0 Å². The van der Waals surface area contributed by atoms with Crippen LogP contribution in [0.15, 0.2) is 36.0 Å². The Bertz CT molecular complexity index is 770. The summed E-state index contributed by atoms with van der Waals surface area (Å²) in [6, 6.07) is 6.07. The summed E-state index contributed by atoms with van der Waals surface area (Å²) in [6.45, 7) is 3.87. The molecule has 4 aliphatic heterocycles. The number of carbonyl (C=O) groups is 1. The van der Waals surface area contributed by atoms with Crippen molar-refractivity contribution in [2.45, 2.75) is 18.4 Å². The minimum Gasteiger partial charge on any atom is -0.439 e. The van der Waals surface area contributed by atoms with Gasteiger partial charge in [0.15, 0.2) is 0 Å². The molecule has 0 N–H and O–H groups in total. The summed E-state index contributed by atoms with van der Waals surface area (Å²) in [6.07, 6.45) is 5.69. The van der Waals surface area contributed by atoms with Gasteiger partial charge in [0.2, 0.25) is 0 Å². The highest BCUT2D eigenvalue weighted by Crippen LogP contribution is 2.44. The zero-order valence-corrected chi connectivity index (χ0v) is 14.2. The maximum atomic E-state index is 12.6. The molecule has 124 valence electrons. The molecule has 0 aromatic carbocycles. The van der Waals surface area contributed by atoms with Gasteiger partial charge in [0.1, 0.15) is 5.60 Å². The molecule has 4 fully saturated rings. The Labute approximate surface area is 144 Å². The molecule has 2 aromatic heterocycles. The number of aromatic nitrogens is 1. The fraction of sp³-hybridized carbons (Fsp3) is 0.444. The Hall–Kier alpha value is -1.92. The van der Waals surface area contributed by atoms with E-state index in [0.717, 1.165) is 48.6 Å². The van der Waals surface area contributed by atoms with Crippen LogP contribution in [0.1, 0.15) is 12.8 Å². The molecule has 0 aliphatic carbocycles. The van der Waals surface area contributed by atoms with E-state index in [9.17, 15) is 4.79 Å². The van der Waals surface area contributed by atoms with Gasteiger partial charge in [-0.3, -0.25) is 14.8 Å². The summed E-state index contributed by atoms with van der Waals surface area (Å²) < 4.78 is 5.95. The lowest BCUT2D eigenvalue weighted by atomic mass is 9.75. The summed E-state index contributed by atoms with van der Waals surface area (Å²) in [4.78, 5) is 22.0. The zero-order valence-electron chi connectivity index (χ0n) is 13.4. The largest absolute Gasteiger partial charge is 0.439 e. The first-order chi connectivity index (χ1) is 11.7. The van der Waals surface area contributed by atoms with Crippen LogP contribution in [0.3, 0.4) is 0 Å². The minimum atomic E-state index is -0.299. The number of piperidine rings is 3. The first kappa shape index (κ1) is 14.4. The third-order valence-electron chi connectivity index (χ3n) is 5.62. The highest BCUT2D eigenvalue weighted by atomic mass is 32.1. The van der Waals surface area contributed by atoms with Crippen LogP contribution >= 0.6 is 11.3 Å². The van der Waals surface area contributed by atoms with Crippen LogP contribution in [-0.2, 0) is 4.74 Å². The van der Waals surface area contributed by atoms with Crippen LogP contribution in [-0.4, -0.2) is 47.8 Å². The van der Waals surface area contributed by atoms with Gasteiger partial charge in [0.05, 0.1) is 12.2 Å². The smallest absolute Gasteiger partial charge is 0.415 e. The summed E-state index contributed by atoms with van der Waals surface area (Å²) in [7, 11) is 0. The molecular formula is C18H19N3O2S. The third-order valence-corrected chi connectivity index (χ3v) is 6.59. The molecule has 2 aromatic rings. The third kappa shape index (κ3) is 2.17. The summed E-state index contributed by atoms with van der Waals surface area (Å²) >= 11 is 1.65. The number of fused-ring (bicyclic) bond motifs is 2. The van der Waals surface area contributed by atoms with Gasteiger partial charge in [-0.05, 0) is 49.7 Å². The Balaban J connectivity index is 1.42. The van der Waals surface area contributed by atoms with Gasteiger partial charge < -0.3 is 4.74 Å². The van der Waals surface area contributed by atoms with E-state index in [0.29, 0.717) is 12.5 Å². The van der Waals surface area contributed by atoms with Crippen molar-refractivity contribution in [2.24, 2.45) is 5.92 Å². The van der Waals surface area contributed by atoms with Crippen LogP contribution in [0.25, 0.3) is 10.4 Å². The van der Waals surface area contributed by atoms with Crippen LogP contribution in [0, 0.1) is 5.92 Å². The van der Waals surface area contributed by atoms with E-state index in [4.69, 9.17) is 4.74 Å². The van der Waals surface area contributed by atoms with Crippen molar-refractivity contribution >= 4 is 23.1 Å². The van der Waals surface area contributed by atoms with E-state index >= 15 is 0 Å². The second-order valence-electron chi connectivity index (χ2n) is 6.97. The zero-order chi connectivity index (χ0) is 16.1. The first-order valence-electron chi connectivity index (χ1n) is 8.45. The molecule has 6 heteroatoms. The van der Waals surface area contributed by atoms with Crippen molar-refractivity contribution in [3.05, 3.63) is 36.0 Å². The van der Waals surface area contributed by atoms with Crippen molar-refractivity contribution in [1.82, 2.24) is 9.88 Å². The monoisotopic (exact) mass is 341 g/mol. The highest BCUT2D eigenvalue weighted by molar-refractivity contribution is 7.14. The fourth-order valence-electron chi connectivity index (χ4n) is 4.34. The summed E-state index contributed by atoms with van der Waals surface area (Å²) in [5.74, 6) is 0.509. The quantitative estimate of drug-likeness (QED) is 0.841. The molecule has 2 bridgehead atoms. The van der Waals surface area contributed by atoms with Gasteiger partial charge in [-0.2, -0.15) is 0 Å². The maximum absolute atomic E-state index is 12.6. The summed E-state index contributed by atoms with van der Waals surface area (Å²) in [5.41, 5.74) is 1.78. The maximum Gasteiger partial charge on any atom is 0.415 e. The second kappa shape index (κ2) is 5.29. The number of ether oxygens (including phenoxy) is 1. The Morgan fingerprint density at radius 3 is 2.71 bits per heavy atom. The highest BCUT2D eigenvalue weighted by Gasteiger charge is 2.55. The number of anilines is 1. The second-order valence-corrected chi connectivity index (χ2v) is 7.89. The lowest BCUT2D eigenvalue weighted by Gasteiger charge is -2.49. The number of nitrogens with zero attached hydrogens (tertiary/aromatic N) is 3. The van der Waals surface area contributed by atoms with Crippen molar-refractivity contribution in [3.8, 4) is 10.4 Å². The number of pyridine rings is 1. The van der Waals surface area contributed by atoms with E-state index in [2.05, 4.69) is 21.3 Å². The Kier molecular flexibility index (Phi) is 3.18. The molecular weight excluding hydrogens is 322 g/mol. The number of hydrogen-bond acceptors (Lipinski definition) is 5. The average Bonchev–Trinajstić information content (AvgIpc) is 3.22. The Morgan fingerprint density at radius 2 is 2.00 bits per heavy atom. The number of thiophene rings is 1. The molecule has 5 nitrogen and oxygen atoms in total. The lowest BCUT2D eigenvalue weighted by Crippen LogP contribution is -2.61. The first-order valence-corrected chi connectivity index (χ1v) is 9.33. The average molecular weight is 341 g/mol. The molecule has 0 saturated carbocycles. The SMILES string of the molecule is O=C1O[C@@]2(CN3CCC2CC3)CN1c1csc(-c2ccncc2)c1. The molecule has 0 radical (unpaired) electrons. The molecule has 6 rings (SSSR count). The molecule has 4 saturated heterocycles. The van der Waals surface area contributed by atoms with E-state index < -0.39 is 0 Å². The van der Waals surface area contributed by atoms with Crippen LogP contribution in [0.5, 0.6) is 0 Å². The fourth-order valence-corrected chi connectivity index (χ4v) is 5.25. The van der Waals surface area contributed by atoms with Gasteiger partial charge in [0.25, 0.3) is 0 Å². The normalized spacial score (nSPS) is 31.7. The van der Waals surface area contributed by atoms with E-state index in [1.54, 1.807) is 23.7 Å². The van der Waals surface area contributed by atoms with Crippen molar-refractivity contribution in [2.75, 3.05) is 31.1 Å². The van der Waals surface area contributed by atoms with Crippen LogP contribution in [0.4, 0.5) is 10.5 Å². The molecule has 24 heavy (non-hydrogen) atoms. The molecule has 6 heterocycles. The molecule has 0 unspecified atom stereocenters. The number of amides is 1. The van der Waals surface area contributed by atoms with E-state index in [1.807, 2.05) is 17.0 Å². The predicted octanol–water partition coefficient (Wildman–Crippen LogP) is 3.23. The van der Waals surface area contributed by atoms with Crippen molar-refractivity contribution in [1.29, 1.82) is 0 Å². The van der Waals surface area contributed by atoms with Gasteiger partial charge >= 0.3 is 6.09 Å². The van der Waals surface area contributed by atoms with Gasteiger partial charge in [-0.25, -0.2) is 4.79 Å². The van der Waals surface area contributed by atoms with Crippen molar-refractivity contribution < 1.29 is 9.53 Å². The molecule has 1 amide bonds. The molecule has 1 atom stereocenters. The predicted molar refractivity (Wildman–Crippen MR) is 93.3 cm³/mol. The topological polar surface area (TPSA) is 45.7 Å². The van der Waals surface area contributed by atoms with E-state index in [1.165, 1.54) is 0 Å². The lowest BCUT2D eigenvalue weighted by molar-refractivity contribution is -0.0881. The van der Waals surface area contributed by atoms with Crippen molar-refractivity contribution in [3.63, 3.8) is 0 Å². The Morgan fingerprint density at radius 1 is 1.21 bits per heavy atom. The van der Waals surface area contributed by atoms with Gasteiger partial charge in [0, 0.05) is 35.1 Å². The minimum absolute atomic E-state index is 0.192. The van der Waals surface area contributed by atoms with Crippen LogP contribution < -0.4 is 4.90 Å². The molecule has 4 aliphatic rings. The number of hydrogen-bond donors (Lipinski definition) is 0.